The van der Waals surface area contributed by atoms with Crippen LogP contribution in [0.3, 0.4) is 0 Å². The molecule has 0 saturated carbocycles. The van der Waals surface area contributed by atoms with Crippen molar-refractivity contribution in [1.82, 2.24) is 9.62 Å². The molecule has 6 nitrogen and oxygen atoms in total. The predicted molar refractivity (Wildman–Crippen MR) is 105 cm³/mol. The van der Waals surface area contributed by atoms with Gasteiger partial charge in [-0.3, -0.25) is 14.5 Å². The van der Waals surface area contributed by atoms with Crippen LogP contribution in [-0.2, 0) is 21.4 Å². The average Bonchev–Trinajstić information content (AvgIpc) is 2.89. The standard InChI is InChI=1S/C20H22FN3O3S/c1-13(2)18(20(25)24(3)12-14-7-6-8-15(21)11-14)22-19-16-9-4-5-10-17(16)28(26,27)23-19/h4-11,13,18H,12H2,1-3H3,(H,22,23). The van der Waals surface area contributed by atoms with Crippen molar-refractivity contribution in [2.24, 2.45) is 10.9 Å². The summed E-state index contributed by atoms with van der Waals surface area (Å²) in [7, 11) is -2.05. The molecule has 1 amide bonds. The lowest BCUT2D eigenvalue weighted by Gasteiger charge is -2.24. The van der Waals surface area contributed by atoms with Crippen molar-refractivity contribution >= 4 is 21.8 Å². The number of halogens is 1. The van der Waals surface area contributed by atoms with Crippen molar-refractivity contribution < 1.29 is 17.6 Å². The van der Waals surface area contributed by atoms with E-state index in [1.807, 2.05) is 13.8 Å². The van der Waals surface area contributed by atoms with Gasteiger partial charge < -0.3 is 4.90 Å². The van der Waals surface area contributed by atoms with Crippen molar-refractivity contribution in [2.75, 3.05) is 7.05 Å². The summed E-state index contributed by atoms with van der Waals surface area (Å²) >= 11 is 0. The van der Waals surface area contributed by atoms with Gasteiger partial charge in [0.2, 0.25) is 5.91 Å². The van der Waals surface area contributed by atoms with Crippen molar-refractivity contribution in [2.45, 2.75) is 31.3 Å². The molecule has 148 valence electrons. The van der Waals surface area contributed by atoms with Crippen LogP contribution in [0.4, 0.5) is 4.39 Å². The lowest BCUT2D eigenvalue weighted by molar-refractivity contribution is -0.132. The molecule has 2 aromatic rings. The highest BCUT2D eigenvalue weighted by atomic mass is 32.2. The molecule has 0 saturated heterocycles. The second-order valence-corrected chi connectivity index (χ2v) is 8.74. The molecule has 0 bridgehead atoms. The van der Waals surface area contributed by atoms with Crippen molar-refractivity contribution in [3.05, 3.63) is 65.5 Å². The van der Waals surface area contributed by atoms with Crippen LogP contribution >= 0.6 is 0 Å². The first-order chi connectivity index (χ1) is 13.2. The summed E-state index contributed by atoms with van der Waals surface area (Å²) in [6.45, 7) is 3.92. The van der Waals surface area contributed by atoms with Crippen LogP contribution < -0.4 is 4.72 Å². The third-order valence-corrected chi connectivity index (χ3v) is 5.90. The van der Waals surface area contributed by atoms with Gasteiger partial charge in [-0.2, -0.15) is 0 Å². The van der Waals surface area contributed by atoms with Crippen molar-refractivity contribution in [3.8, 4) is 0 Å². The van der Waals surface area contributed by atoms with Gasteiger partial charge in [0, 0.05) is 19.2 Å². The number of aliphatic imine (C=N–C) groups is 1. The number of benzene rings is 2. The summed E-state index contributed by atoms with van der Waals surface area (Å²) < 4.78 is 40.4. The minimum absolute atomic E-state index is 0.150. The maximum absolute atomic E-state index is 13.4. The van der Waals surface area contributed by atoms with E-state index in [1.165, 1.54) is 23.1 Å². The first-order valence-corrected chi connectivity index (χ1v) is 10.4. The first-order valence-electron chi connectivity index (χ1n) is 8.88. The SMILES string of the molecule is CC(C)C(N=C1NS(=O)(=O)c2ccccc21)C(=O)N(C)Cc1cccc(F)c1. The number of carbonyl (C=O) groups excluding carboxylic acids is 1. The Kier molecular flexibility index (Phi) is 5.51. The zero-order valence-electron chi connectivity index (χ0n) is 15.9. The highest BCUT2D eigenvalue weighted by molar-refractivity contribution is 7.90. The van der Waals surface area contributed by atoms with Crippen molar-refractivity contribution in [1.29, 1.82) is 0 Å². The van der Waals surface area contributed by atoms with Crippen LogP contribution in [0.5, 0.6) is 0 Å². The molecular weight excluding hydrogens is 381 g/mol. The molecule has 0 spiro atoms. The third-order valence-electron chi connectivity index (χ3n) is 4.50. The molecule has 0 radical (unpaired) electrons. The van der Waals surface area contributed by atoms with Crippen LogP contribution in [0.2, 0.25) is 0 Å². The van der Waals surface area contributed by atoms with Gasteiger partial charge in [0.25, 0.3) is 10.0 Å². The zero-order valence-corrected chi connectivity index (χ0v) is 16.7. The lowest BCUT2D eigenvalue weighted by atomic mass is 10.0. The summed E-state index contributed by atoms with van der Waals surface area (Å²) in [5, 5.41) is 0. The van der Waals surface area contributed by atoms with Gasteiger partial charge in [0.1, 0.15) is 17.7 Å². The number of amidine groups is 1. The predicted octanol–water partition coefficient (Wildman–Crippen LogP) is 2.55. The largest absolute Gasteiger partial charge is 0.340 e. The van der Waals surface area contributed by atoms with E-state index in [0.717, 1.165) is 0 Å². The quantitative estimate of drug-likeness (QED) is 0.833. The van der Waals surface area contributed by atoms with Gasteiger partial charge >= 0.3 is 0 Å². The molecule has 1 N–H and O–H groups in total. The molecule has 1 atom stereocenters. The molecule has 8 heteroatoms. The van der Waals surface area contributed by atoms with Crippen LogP contribution in [0.25, 0.3) is 0 Å². The van der Waals surface area contributed by atoms with Gasteiger partial charge in [-0.15, -0.1) is 0 Å². The molecule has 1 unspecified atom stereocenters. The Labute approximate surface area is 164 Å². The summed E-state index contributed by atoms with van der Waals surface area (Å²) in [6, 6.07) is 11.8. The minimum atomic E-state index is -3.67. The normalized spacial score (nSPS) is 17.2. The Hall–Kier alpha value is -2.74. The average molecular weight is 403 g/mol. The van der Waals surface area contributed by atoms with Crippen molar-refractivity contribution in [3.63, 3.8) is 0 Å². The zero-order chi connectivity index (χ0) is 20.5. The number of amides is 1. The monoisotopic (exact) mass is 403 g/mol. The van der Waals surface area contributed by atoms with E-state index in [4.69, 9.17) is 0 Å². The Bertz CT molecular complexity index is 1030. The van der Waals surface area contributed by atoms with Gasteiger partial charge in [0.05, 0.1) is 4.90 Å². The van der Waals surface area contributed by atoms with Gasteiger partial charge in [0.15, 0.2) is 0 Å². The number of likely N-dealkylation sites (N-methyl/N-ethyl adjacent to an activating group) is 1. The molecule has 0 aromatic heterocycles. The molecule has 0 aliphatic carbocycles. The van der Waals surface area contributed by atoms with E-state index >= 15 is 0 Å². The number of fused-ring (bicyclic) bond motifs is 1. The third kappa shape index (κ3) is 4.06. The number of sulfonamides is 1. The Morgan fingerprint density at radius 2 is 1.89 bits per heavy atom. The summed E-state index contributed by atoms with van der Waals surface area (Å²) in [5.41, 5.74) is 1.12. The highest BCUT2D eigenvalue weighted by Crippen LogP contribution is 2.24. The fourth-order valence-corrected chi connectivity index (χ4v) is 4.31. The molecule has 1 heterocycles. The van der Waals surface area contributed by atoms with Crippen LogP contribution in [-0.4, -0.2) is 38.2 Å². The fourth-order valence-electron chi connectivity index (χ4n) is 3.07. The molecule has 0 fully saturated rings. The van der Waals surface area contributed by atoms with E-state index in [9.17, 15) is 17.6 Å². The van der Waals surface area contributed by atoms with E-state index < -0.39 is 16.1 Å². The molecule has 28 heavy (non-hydrogen) atoms. The summed E-state index contributed by atoms with van der Waals surface area (Å²) in [4.78, 5) is 19.1. The van der Waals surface area contributed by atoms with Gasteiger partial charge in [-0.25, -0.2) is 12.8 Å². The minimum Gasteiger partial charge on any atom is -0.340 e. The number of rotatable bonds is 5. The van der Waals surface area contributed by atoms with E-state index in [1.54, 1.807) is 37.4 Å². The molecule has 1 aliphatic heterocycles. The van der Waals surface area contributed by atoms with Gasteiger partial charge in [-0.1, -0.05) is 38.1 Å². The van der Waals surface area contributed by atoms with Crippen LogP contribution in [0.1, 0.15) is 25.0 Å². The van der Waals surface area contributed by atoms with Crippen LogP contribution in [0.15, 0.2) is 58.4 Å². The van der Waals surface area contributed by atoms with E-state index in [0.29, 0.717) is 11.1 Å². The number of hydrogen-bond donors (Lipinski definition) is 1. The number of hydrogen-bond acceptors (Lipinski definition) is 4. The summed E-state index contributed by atoms with van der Waals surface area (Å²) in [6.07, 6.45) is 0. The second-order valence-electron chi connectivity index (χ2n) is 7.09. The van der Waals surface area contributed by atoms with Gasteiger partial charge in [-0.05, 0) is 35.7 Å². The molecule has 3 rings (SSSR count). The highest BCUT2D eigenvalue weighted by Gasteiger charge is 2.33. The number of nitrogens with one attached hydrogen (secondary N) is 1. The fraction of sp³-hybridized carbons (Fsp3) is 0.300. The summed E-state index contributed by atoms with van der Waals surface area (Å²) in [5.74, 6) is -0.625. The molecule has 1 aliphatic rings. The smallest absolute Gasteiger partial charge is 0.263 e. The topological polar surface area (TPSA) is 78.8 Å². The first kappa shape index (κ1) is 20.0. The lowest BCUT2D eigenvalue weighted by Crippen LogP contribution is -2.39. The van der Waals surface area contributed by atoms with Crippen LogP contribution in [0, 0.1) is 11.7 Å². The second kappa shape index (κ2) is 7.71. The Morgan fingerprint density at radius 1 is 1.18 bits per heavy atom. The number of carbonyl (C=O) groups is 1. The van der Waals surface area contributed by atoms with E-state index in [-0.39, 0.29) is 34.9 Å². The maximum Gasteiger partial charge on any atom is 0.263 e. The number of nitrogens with zero attached hydrogens (tertiary/aromatic N) is 2. The molecule has 2 aromatic carbocycles. The Morgan fingerprint density at radius 3 is 2.57 bits per heavy atom. The van der Waals surface area contributed by atoms with E-state index in [2.05, 4.69) is 9.71 Å². The maximum atomic E-state index is 13.4. The molecular formula is C20H22FN3O3S. The Balaban J connectivity index is 1.88.